The number of aromatic nitrogens is 3. The van der Waals surface area contributed by atoms with Crippen LogP contribution in [0.4, 0.5) is 0 Å². The predicted molar refractivity (Wildman–Crippen MR) is 111 cm³/mol. The molecule has 1 fully saturated rings. The lowest BCUT2D eigenvalue weighted by atomic mass is 10.0. The maximum atomic E-state index is 11.0. The Morgan fingerprint density at radius 2 is 1.90 bits per heavy atom. The van der Waals surface area contributed by atoms with Crippen LogP contribution < -0.4 is 19.3 Å². The van der Waals surface area contributed by atoms with Crippen LogP contribution in [0, 0.1) is 0 Å². The molecule has 8 nitrogen and oxygen atoms in total. The number of aryl methyl sites for hydroxylation is 1. The highest BCUT2D eigenvalue weighted by Gasteiger charge is 2.36. The SMILES string of the molecule is CCc1nc2sc([C@H](c3ccc(OC)c(OC)c3)[NH+]3CC[NH+](C)CC3)c(O)n2n1. The van der Waals surface area contributed by atoms with Crippen LogP contribution in [-0.2, 0) is 6.42 Å². The largest absolute Gasteiger partial charge is 0.493 e. The molecule has 9 heteroatoms. The summed E-state index contributed by atoms with van der Waals surface area (Å²) in [5.74, 6) is 2.33. The zero-order chi connectivity index (χ0) is 20.5. The fourth-order valence-corrected chi connectivity index (χ4v) is 5.18. The highest BCUT2D eigenvalue weighted by Crippen LogP contribution is 2.37. The lowest BCUT2D eigenvalue weighted by molar-refractivity contribution is -1.02. The number of thiazole rings is 1. The average Bonchev–Trinajstić information content (AvgIpc) is 3.28. The van der Waals surface area contributed by atoms with Gasteiger partial charge in [-0.1, -0.05) is 18.3 Å². The molecule has 0 radical (unpaired) electrons. The van der Waals surface area contributed by atoms with Gasteiger partial charge in [-0.15, -0.1) is 5.10 Å². The molecule has 156 valence electrons. The fourth-order valence-electron chi connectivity index (χ4n) is 4.02. The molecular weight excluding hydrogens is 390 g/mol. The fraction of sp³-hybridized carbons (Fsp3) is 0.500. The second-order valence-corrected chi connectivity index (χ2v) is 8.54. The van der Waals surface area contributed by atoms with E-state index in [9.17, 15) is 5.11 Å². The Kier molecular flexibility index (Phi) is 5.62. The Morgan fingerprint density at radius 3 is 2.52 bits per heavy atom. The summed E-state index contributed by atoms with van der Waals surface area (Å²) in [7, 11) is 5.52. The van der Waals surface area contributed by atoms with Crippen molar-refractivity contribution >= 4 is 16.3 Å². The molecule has 3 heterocycles. The second kappa shape index (κ2) is 8.17. The molecule has 3 N–H and O–H groups in total. The number of benzene rings is 1. The highest BCUT2D eigenvalue weighted by atomic mass is 32.1. The number of fused-ring (bicyclic) bond motifs is 1. The zero-order valence-electron chi connectivity index (χ0n) is 17.4. The van der Waals surface area contributed by atoms with Crippen molar-refractivity contribution in [2.45, 2.75) is 19.4 Å². The van der Waals surface area contributed by atoms with Gasteiger partial charge in [0.05, 0.1) is 21.3 Å². The number of piperazine rings is 1. The quantitative estimate of drug-likeness (QED) is 0.506. The van der Waals surface area contributed by atoms with Crippen molar-refractivity contribution in [2.75, 3.05) is 47.4 Å². The molecule has 1 aliphatic rings. The van der Waals surface area contributed by atoms with Gasteiger partial charge in [-0.2, -0.15) is 4.52 Å². The van der Waals surface area contributed by atoms with E-state index in [-0.39, 0.29) is 11.9 Å². The summed E-state index contributed by atoms with van der Waals surface area (Å²) in [5, 5.41) is 15.5. The number of nitrogens with one attached hydrogen (secondary N) is 2. The van der Waals surface area contributed by atoms with Gasteiger partial charge in [0.1, 0.15) is 31.1 Å². The summed E-state index contributed by atoms with van der Waals surface area (Å²) >= 11 is 1.52. The van der Waals surface area contributed by atoms with Crippen molar-refractivity contribution in [1.82, 2.24) is 14.6 Å². The van der Waals surface area contributed by atoms with Crippen molar-refractivity contribution in [2.24, 2.45) is 0 Å². The van der Waals surface area contributed by atoms with Gasteiger partial charge in [0, 0.05) is 12.0 Å². The van der Waals surface area contributed by atoms with Crippen LogP contribution in [-0.4, -0.2) is 67.2 Å². The maximum Gasteiger partial charge on any atom is 0.235 e. The number of hydrogen-bond acceptors (Lipinski definition) is 6. The van der Waals surface area contributed by atoms with Gasteiger partial charge in [0.15, 0.2) is 23.4 Å². The third-order valence-corrected chi connectivity index (χ3v) is 6.80. The van der Waals surface area contributed by atoms with Crippen molar-refractivity contribution < 1.29 is 24.4 Å². The molecule has 1 atom stereocenters. The summed E-state index contributed by atoms with van der Waals surface area (Å²) in [5.41, 5.74) is 1.09. The number of aromatic hydroxyl groups is 1. The van der Waals surface area contributed by atoms with Crippen LogP contribution in [0.25, 0.3) is 4.96 Å². The first-order valence-electron chi connectivity index (χ1n) is 10.0. The van der Waals surface area contributed by atoms with Crippen molar-refractivity contribution in [3.8, 4) is 17.4 Å². The van der Waals surface area contributed by atoms with Crippen LogP contribution >= 0.6 is 11.3 Å². The van der Waals surface area contributed by atoms with Crippen molar-refractivity contribution in [1.29, 1.82) is 0 Å². The molecule has 2 aromatic heterocycles. The molecule has 1 aliphatic heterocycles. The monoisotopic (exact) mass is 419 g/mol. The van der Waals surface area contributed by atoms with Gasteiger partial charge in [-0.25, -0.2) is 4.98 Å². The van der Waals surface area contributed by atoms with Gasteiger partial charge in [-0.05, 0) is 18.2 Å². The first-order chi connectivity index (χ1) is 14.0. The molecule has 4 rings (SSSR count). The minimum Gasteiger partial charge on any atom is -0.493 e. The average molecular weight is 420 g/mol. The minimum absolute atomic E-state index is 0.0125. The Hall–Kier alpha value is -2.36. The Morgan fingerprint density at radius 1 is 1.17 bits per heavy atom. The Bertz CT molecular complexity index is 994. The number of hydrogen-bond donors (Lipinski definition) is 3. The number of quaternary nitrogens is 2. The first kappa shape index (κ1) is 19.9. The van der Waals surface area contributed by atoms with Crippen LogP contribution in [0.15, 0.2) is 18.2 Å². The predicted octanol–water partition coefficient (Wildman–Crippen LogP) is -0.421. The standard InChI is InChI=1S/C20H27N5O3S/c1-5-16-21-20-25(22-16)19(26)18(29-20)17(24-10-8-23(2)9-11-24)13-6-7-14(27-3)15(12-13)28-4/h6-7,12,17,26H,5,8-11H2,1-4H3/p+2/t17-/m0/s1. The molecule has 1 saturated heterocycles. The minimum atomic E-state index is -0.0125. The van der Waals surface area contributed by atoms with Gasteiger partial charge >= 0.3 is 0 Å². The Balaban J connectivity index is 1.81. The summed E-state index contributed by atoms with van der Waals surface area (Å²) in [6, 6.07) is 6.01. The third kappa shape index (κ3) is 3.65. The van der Waals surface area contributed by atoms with Gasteiger partial charge in [0.2, 0.25) is 10.8 Å². The molecule has 0 unspecified atom stereocenters. The maximum absolute atomic E-state index is 11.0. The van der Waals surface area contributed by atoms with E-state index in [4.69, 9.17) is 9.47 Å². The number of rotatable bonds is 6. The van der Waals surface area contributed by atoms with E-state index < -0.39 is 0 Å². The molecule has 0 saturated carbocycles. The van der Waals surface area contributed by atoms with Gasteiger partial charge in [-0.3, -0.25) is 0 Å². The number of ether oxygens (including phenoxy) is 2. The smallest absolute Gasteiger partial charge is 0.235 e. The summed E-state index contributed by atoms with van der Waals surface area (Å²) < 4.78 is 12.5. The number of methoxy groups -OCH3 is 2. The van der Waals surface area contributed by atoms with Crippen LogP contribution in [0.2, 0.25) is 0 Å². The Labute approximate surface area is 174 Å². The van der Waals surface area contributed by atoms with E-state index in [1.165, 1.54) is 16.2 Å². The lowest BCUT2D eigenvalue weighted by Gasteiger charge is -2.33. The normalized spacial score (nSPS) is 20.7. The van der Waals surface area contributed by atoms with Crippen LogP contribution in [0.3, 0.4) is 0 Å². The summed E-state index contributed by atoms with van der Waals surface area (Å²) in [6.45, 7) is 6.26. The molecule has 3 aromatic rings. The molecule has 0 amide bonds. The number of likely N-dealkylation sites (N-methyl/N-ethyl adjacent to an activating group) is 1. The zero-order valence-corrected chi connectivity index (χ0v) is 18.2. The lowest BCUT2D eigenvalue weighted by Crippen LogP contribution is -3.27. The van der Waals surface area contributed by atoms with E-state index in [1.807, 2.05) is 19.1 Å². The summed E-state index contributed by atoms with van der Waals surface area (Å²) in [4.78, 5) is 9.16. The topological polar surface area (TPSA) is 77.8 Å². The molecule has 1 aromatic carbocycles. The third-order valence-electron chi connectivity index (χ3n) is 5.72. The van der Waals surface area contributed by atoms with E-state index in [2.05, 4.69) is 23.2 Å². The van der Waals surface area contributed by atoms with Gasteiger partial charge in [0.25, 0.3) is 0 Å². The van der Waals surface area contributed by atoms with Gasteiger partial charge < -0.3 is 24.4 Å². The molecule has 0 aliphatic carbocycles. The number of nitrogens with zero attached hydrogens (tertiary/aromatic N) is 3. The van der Waals surface area contributed by atoms with Crippen molar-refractivity contribution in [3.05, 3.63) is 34.5 Å². The van der Waals surface area contributed by atoms with E-state index in [1.54, 1.807) is 23.6 Å². The molecule has 0 spiro atoms. The van der Waals surface area contributed by atoms with Crippen LogP contribution in [0.5, 0.6) is 17.4 Å². The first-order valence-corrected chi connectivity index (χ1v) is 10.8. The van der Waals surface area contributed by atoms with E-state index >= 15 is 0 Å². The van der Waals surface area contributed by atoms with Crippen LogP contribution in [0.1, 0.15) is 29.2 Å². The van der Waals surface area contributed by atoms with Crippen molar-refractivity contribution in [3.63, 3.8) is 0 Å². The second-order valence-electron chi connectivity index (χ2n) is 7.53. The molecule has 29 heavy (non-hydrogen) atoms. The molecule has 0 bridgehead atoms. The highest BCUT2D eigenvalue weighted by molar-refractivity contribution is 7.17. The summed E-state index contributed by atoms with van der Waals surface area (Å²) in [6.07, 6.45) is 0.745. The molecular formula is C20H29N5O3S+2. The van der Waals surface area contributed by atoms with E-state index in [0.29, 0.717) is 11.5 Å². The van der Waals surface area contributed by atoms with E-state index in [0.717, 1.165) is 53.8 Å².